The van der Waals surface area contributed by atoms with Crippen LogP contribution in [0.15, 0.2) is 0 Å². The lowest BCUT2D eigenvalue weighted by Gasteiger charge is -2.08. The highest BCUT2D eigenvalue weighted by atomic mass is 32.1. The van der Waals surface area contributed by atoms with Gasteiger partial charge >= 0.3 is 6.09 Å². The number of carbonyl (C=O) groups excluding carboxylic acids is 1. The molecule has 0 aromatic rings. The van der Waals surface area contributed by atoms with Gasteiger partial charge in [0.1, 0.15) is 5.44 Å². The molecule has 0 rings (SSSR count). The molecule has 2 N–H and O–H groups in total. The highest BCUT2D eigenvalue weighted by molar-refractivity contribution is 7.80. The average Bonchev–Trinajstić information content (AvgIpc) is 1.86. The second-order valence-corrected chi connectivity index (χ2v) is 3.13. The van der Waals surface area contributed by atoms with Crippen molar-refractivity contribution >= 4 is 31.4 Å². The van der Waals surface area contributed by atoms with E-state index in [9.17, 15) is 4.79 Å². The van der Waals surface area contributed by atoms with Crippen molar-refractivity contribution in [3.63, 3.8) is 0 Å². The van der Waals surface area contributed by atoms with Gasteiger partial charge in [0, 0.05) is 0 Å². The Morgan fingerprint density at radius 3 is 2.64 bits per heavy atom. The molecule has 1 unspecified atom stereocenters. The highest BCUT2D eigenvalue weighted by Gasteiger charge is 2.04. The predicted molar refractivity (Wildman–Crippen MR) is 51.1 cm³/mol. The molecule has 1 atom stereocenters. The Morgan fingerprint density at radius 2 is 2.18 bits per heavy atom. The molecule has 0 heterocycles. The first-order chi connectivity index (χ1) is 5.16. The zero-order chi connectivity index (χ0) is 8.69. The smallest absolute Gasteiger partial charge is 0.405 e. The van der Waals surface area contributed by atoms with E-state index in [-0.39, 0.29) is 5.44 Å². The molecular formula is C6H13NO2S2. The summed E-state index contributed by atoms with van der Waals surface area (Å²) >= 11 is 8.03. The predicted octanol–water partition coefficient (Wildman–Crippen LogP) is 1.44. The molecule has 3 nitrogen and oxygen atoms in total. The molecule has 0 spiro atoms. The van der Waals surface area contributed by atoms with Crippen molar-refractivity contribution in [3.05, 3.63) is 0 Å². The minimum Gasteiger partial charge on any atom is -0.436 e. The number of nitrogens with two attached hydrogens (primary N) is 1. The van der Waals surface area contributed by atoms with Gasteiger partial charge in [-0.25, -0.2) is 4.79 Å². The largest absolute Gasteiger partial charge is 0.436 e. The van der Waals surface area contributed by atoms with Gasteiger partial charge in [-0.1, -0.05) is 0 Å². The van der Waals surface area contributed by atoms with Crippen molar-refractivity contribution in [2.45, 2.75) is 24.7 Å². The maximum absolute atomic E-state index is 10.2. The minimum absolute atomic E-state index is 0.368. The second-order valence-electron chi connectivity index (χ2n) is 2.11. The fourth-order valence-electron chi connectivity index (χ4n) is 0.624. The van der Waals surface area contributed by atoms with Crippen LogP contribution < -0.4 is 5.73 Å². The van der Waals surface area contributed by atoms with Crippen LogP contribution in [0.3, 0.4) is 0 Å². The van der Waals surface area contributed by atoms with Crippen molar-refractivity contribution in [2.75, 3.05) is 5.75 Å². The highest BCUT2D eigenvalue weighted by Crippen LogP contribution is 2.08. The van der Waals surface area contributed by atoms with E-state index < -0.39 is 6.09 Å². The fraction of sp³-hybridized carbons (Fsp3) is 0.833. The van der Waals surface area contributed by atoms with Gasteiger partial charge < -0.3 is 10.5 Å². The molecule has 0 bridgehead atoms. The number of ether oxygens (including phenoxy) is 1. The van der Waals surface area contributed by atoms with Crippen LogP contribution in [0.1, 0.15) is 19.3 Å². The Kier molecular flexibility index (Phi) is 6.65. The molecule has 11 heavy (non-hydrogen) atoms. The van der Waals surface area contributed by atoms with E-state index in [4.69, 9.17) is 5.73 Å². The van der Waals surface area contributed by atoms with Crippen molar-refractivity contribution < 1.29 is 9.53 Å². The maximum atomic E-state index is 10.2. The van der Waals surface area contributed by atoms with Crippen LogP contribution in [0, 0.1) is 0 Å². The van der Waals surface area contributed by atoms with Crippen LogP contribution in [-0.2, 0) is 4.74 Å². The van der Waals surface area contributed by atoms with E-state index in [2.05, 4.69) is 30.0 Å². The van der Waals surface area contributed by atoms with Crippen LogP contribution >= 0.6 is 25.3 Å². The monoisotopic (exact) mass is 195 g/mol. The van der Waals surface area contributed by atoms with Gasteiger partial charge in [-0.3, -0.25) is 0 Å². The quantitative estimate of drug-likeness (QED) is 0.353. The molecule has 66 valence electrons. The zero-order valence-electron chi connectivity index (χ0n) is 6.19. The fourth-order valence-corrected chi connectivity index (χ4v) is 1.13. The first-order valence-corrected chi connectivity index (χ1v) is 4.56. The lowest BCUT2D eigenvalue weighted by Crippen LogP contribution is -2.18. The SMILES string of the molecule is NC(=O)OC(S)CCCCS. The Morgan fingerprint density at radius 1 is 1.55 bits per heavy atom. The summed E-state index contributed by atoms with van der Waals surface area (Å²) in [4.78, 5) is 10.2. The molecule has 0 aromatic heterocycles. The normalized spacial score (nSPS) is 12.5. The Labute approximate surface area is 77.5 Å². The third kappa shape index (κ3) is 7.87. The standard InChI is InChI=1S/C6H13NO2S2/c7-6(8)9-5(11)3-1-2-4-10/h5,10-11H,1-4H2,(H2,7,8). The Bertz CT molecular complexity index is 121. The van der Waals surface area contributed by atoms with Gasteiger partial charge in [0.2, 0.25) is 0 Å². The van der Waals surface area contributed by atoms with Gasteiger partial charge in [-0.05, 0) is 25.0 Å². The van der Waals surface area contributed by atoms with Crippen LogP contribution in [0.25, 0.3) is 0 Å². The van der Waals surface area contributed by atoms with Crippen molar-refractivity contribution in [1.82, 2.24) is 0 Å². The third-order valence-electron chi connectivity index (χ3n) is 1.11. The maximum Gasteiger partial charge on any atom is 0.405 e. The topological polar surface area (TPSA) is 52.3 Å². The van der Waals surface area contributed by atoms with E-state index in [1.165, 1.54) is 0 Å². The molecule has 0 saturated carbocycles. The van der Waals surface area contributed by atoms with Crippen LogP contribution in [0.4, 0.5) is 4.79 Å². The number of rotatable bonds is 5. The summed E-state index contributed by atoms with van der Waals surface area (Å²) in [6.45, 7) is 0. The van der Waals surface area contributed by atoms with E-state index in [0.717, 1.165) is 25.0 Å². The van der Waals surface area contributed by atoms with Gasteiger partial charge in [0.15, 0.2) is 0 Å². The number of thiol groups is 2. The second kappa shape index (κ2) is 6.67. The molecule has 0 aliphatic heterocycles. The number of hydrogen-bond donors (Lipinski definition) is 3. The first kappa shape index (κ1) is 11.0. The molecule has 5 heteroatoms. The third-order valence-corrected chi connectivity index (χ3v) is 1.79. The van der Waals surface area contributed by atoms with Crippen molar-refractivity contribution in [2.24, 2.45) is 5.73 Å². The molecule has 0 fully saturated rings. The summed E-state index contributed by atoms with van der Waals surface area (Å²) in [5.74, 6) is 0.844. The van der Waals surface area contributed by atoms with E-state index in [0.29, 0.717) is 0 Å². The zero-order valence-corrected chi connectivity index (χ0v) is 7.98. The molecular weight excluding hydrogens is 182 g/mol. The van der Waals surface area contributed by atoms with Gasteiger partial charge in [0.25, 0.3) is 0 Å². The summed E-state index contributed by atoms with van der Waals surface area (Å²) in [5, 5.41) is 0. The molecule has 0 aliphatic rings. The van der Waals surface area contributed by atoms with Crippen LogP contribution in [0.5, 0.6) is 0 Å². The molecule has 0 radical (unpaired) electrons. The lowest BCUT2D eigenvalue weighted by molar-refractivity contribution is 0.142. The molecule has 0 aliphatic carbocycles. The summed E-state index contributed by atoms with van der Waals surface area (Å²) in [6, 6.07) is 0. The van der Waals surface area contributed by atoms with Crippen LogP contribution in [-0.4, -0.2) is 17.3 Å². The van der Waals surface area contributed by atoms with Gasteiger partial charge in [0.05, 0.1) is 0 Å². The Balaban J connectivity index is 3.22. The molecule has 1 amide bonds. The molecule has 0 saturated heterocycles. The van der Waals surface area contributed by atoms with E-state index in [1.807, 2.05) is 0 Å². The lowest BCUT2D eigenvalue weighted by atomic mass is 10.3. The van der Waals surface area contributed by atoms with Gasteiger partial charge in [-0.2, -0.15) is 12.6 Å². The summed E-state index contributed by atoms with van der Waals surface area (Å²) in [6.07, 6.45) is 1.91. The number of unbranched alkanes of at least 4 members (excludes halogenated alkanes) is 1. The number of hydrogen-bond acceptors (Lipinski definition) is 4. The minimum atomic E-state index is -0.768. The van der Waals surface area contributed by atoms with Crippen LogP contribution in [0.2, 0.25) is 0 Å². The van der Waals surface area contributed by atoms with E-state index in [1.54, 1.807) is 0 Å². The first-order valence-electron chi connectivity index (χ1n) is 3.42. The number of amides is 1. The Hall–Kier alpha value is -0.0300. The molecule has 0 aromatic carbocycles. The van der Waals surface area contributed by atoms with Gasteiger partial charge in [-0.15, -0.1) is 12.6 Å². The number of carbonyl (C=O) groups is 1. The average molecular weight is 195 g/mol. The summed E-state index contributed by atoms with van der Waals surface area (Å²) < 4.78 is 4.57. The van der Waals surface area contributed by atoms with E-state index >= 15 is 0 Å². The van der Waals surface area contributed by atoms with Crippen molar-refractivity contribution in [1.29, 1.82) is 0 Å². The summed E-state index contributed by atoms with van der Waals surface area (Å²) in [5.41, 5.74) is 4.40. The van der Waals surface area contributed by atoms with Crippen molar-refractivity contribution in [3.8, 4) is 0 Å². The summed E-state index contributed by atoms with van der Waals surface area (Å²) in [7, 11) is 0. The number of primary amides is 1.